The van der Waals surface area contributed by atoms with Crippen LogP contribution in [0.3, 0.4) is 0 Å². The number of amides is 2. The van der Waals surface area contributed by atoms with E-state index in [2.05, 4.69) is 12.1 Å². The van der Waals surface area contributed by atoms with Crippen LogP contribution >= 0.6 is 0 Å². The number of hydrogen-bond donors (Lipinski definition) is 0. The van der Waals surface area contributed by atoms with Crippen LogP contribution < -0.4 is 0 Å². The molecule has 5 heteroatoms. The van der Waals surface area contributed by atoms with Gasteiger partial charge in [-0.25, -0.2) is 4.79 Å². The molecule has 2 fully saturated rings. The average Bonchev–Trinajstić information content (AvgIpc) is 2.67. The molecule has 0 aromatic heterocycles. The van der Waals surface area contributed by atoms with E-state index in [1.807, 2.05) is 28.0 Å². The zero-order valence-corrected chi connectivity index (χ0v) is 14.2. The molecule has 5 nitrogen and oxygen atoms in total. The van der Waals surface area contributed by atoms with E-state index in [-0.39, 0.29) is 11.9 Å². The van der Waals surface area contributed by atoms with Gasteiger partial charge in [0.15, 0.2) is 0 Å². The van der Waals surface area contributed by atoms with Crippen molar-refractivity contribution in [1.29, 1.82) is 0 Å². The zero-order valence-electron chi connectivity index (χ0n) is 14.2. The van der Waals surface area contributed by atoms with Crippen molar-refractivity contribution in [2.24, 2.45) is 5.92 Å². The van der Waals surface area contributed by atoms with Gasteiger partial charge in [0.2, 0.25) is 0 Å². The van der Waals surface area contributed by atoms with Crippen LogP contribution in [-0.4, -0.2) is 61.0 Å². The van der Waals surface area contributed by atoms with E-state index in [1.165, 1.54) is 5.56 Å². The van der Waals surface area contributed by atoms with Gasteiger partial charge in [-0.05, 0) is 24.8 Å². The van der Waals surface area contributed by atoms with E-state index < -0.39 is 0 Å². The van der Waals surface area contributed by atoms with Crippen LogP contribution in [0.2, 0.25) is 0 Å². The maximum Gasteiger partial charge on any atom is 0.320 e. The quantitative estimate of drug-likeness (QED) is 0.851. The molecule has 1 aromatic carbocycles. The van der Waals surface area contributed by atoms with Gasteiger partial charge in [0.1, 0.15) is 5.78 Å². The van der Waals surface area contributed by atoms with Crippen molar-refractivity contribution in [2.75, 3.05) is 39.4 Å². The number of ketones is 1. The smallest absolute Gasteiger partial charge is 0.320 e. The summed E-state index contributed by atoms with van der Waals surface area (Å²) in [4.78, 5) is 28.8. The van der Waals surface area contributed by atoms with Crippen LogP contribution in [0.1, 0.15) is 24.8 Å². The van der Waals surface area contributed by atoms with Crippen molar-refractivity contribution in [3.63, 3.8) is 0 Å². The molecule has 2 heterocycles. The number of hydrogen-bond acceptors (Lipinski definition) is 3. The third kappa shape index (κ3) is 4.35. The first-order valence-electron chi connectivity index (χ1n) is 8.92. The second-order valence-corrected chi connectivity index (χ2v) is 6.62. The monoisotopic (exact) mass is 330 g/mol. The lowest BCUT2D eigenvalue weighted by atomic mass is 9.90. The van der Waals surface area contributed by atoms with Crippen molar-refractivity contribution in [1.82, 2.24) is 9.80 Å². The second kappa shape index (κ2) is 8.29. The van der Waals surface area contributed by atoms with Gasteiger partial charge in [-0.15, -0.1) is 0 Å². The lowest BCUT2D eigenvalue weighted by molar-refractivity contribution is -0.124. The molecule has 0 aliphatic carbocycles. The fourth-order valence-electron chi connectivity index (χ4n) is 3.48. The van der Waals surface area contributed by atoms with Crippen molar-refractivity contribution >= 4 is 11.8 Å². The van der Waals surface area contributed by atoms with Gasteiger partial charge in [0.05, 0.1) is 13.2 Å². The second-order valence-electron chi connectivity index (χ2n) is 6.62. The third-order valence-corrected chi connectivity index (χ3v) is 4.93. The van der Waals surface area contributed by atoms with Gasteiger partial charge in [0.25, 0.3) is 0 Å². The summed E-state index contributed by atoms with van der Waals surface area (Å²) < 4.78 is 5.30. The Bertz CT molecular complexity index is 555. The highest BCUT2D eigenvalue weighted by atomic mass is 16.5. The Morgan fingerprint density at radius 3 is 2.54 bits per heavy atom. The number of carbonyl (C=O) groups excluding carboxylic acids is 2. The number of Topliss-reactive ketones (excluding diaryl/α,β-unsaturated/α-hetero) is 1. The van der Waals surface area contributed by atoms with Gasteiger partial charge >= 0.3 is 6.03 Å². The van der Waals surface area contributed by atoms with Gasteiger partial charge in [0, 0.05) is 38.5 Å². The molecule has 3 rings (SSSR count). The first-order chi connectivity index (χ1) is 11.7. The van der Waals surface area contributed by atoms with Crippen LogP contribution in [0.15, 0.2) is 30.3 Å². The molecule has 1 aromatic rings. The Hall–Kier alpha value is -1.88. The van der Waals surface area contributed by atoms with Crippen LogP contribution in [0.4, 0.5) is 4.79 Å². The summed E-state index contributed by atoms with van der Waals surface area (Å²) in [5.41, 5.74) is 1.20. The number of carbonyl (C=O) groups is 2. The van der Waals surface area contributed by atoms with Crippen LogP contribution in [0.5, 0.6) is 0 Å². The minimum Gasteiger partial charge on any atom is -0.378 e. The van der Waals surface area contributed by atoms with E-state index in [0.717, 1.165) is 25.8 Å². The summed E-state index contributed by atoms with van der Waals surface area (Å²) in [6, 6.07) is 10.2. The molecule has 0 N–H and O–H groups in total. The summed E-state index contributed by atoms with van der Waals surface area (Å²) in [5.74, 6) is 0.283. The molecule has 0 radical (unpaired) electrons. The van der Waals surface area contributed by atoms with Crippen molar-refractivity contribution < 1.29 is 14.3 Å². The number of aryl methyl sites for hydroxylation is 1. The predicted molar refractivity (Wildman–Crippen MR) is 91.9 cm³/mol. The predicted octanol–water partition coefficient (Wildman–Crippen LogP) is 2.35. The minimum absolute atomic E-state index is 0.00699. The lowest BCUT2D eigenvalue weighted by Gasteiger charge is -2.37. The molecular weight excluding hydrogens is 304 g/mol. The summed E-state index contributed by atoms with van der Waals surface area (Å²) in [6.45, 7) is 3.87. The van der Waals surface area contributed by atoms with Crippen LogP contribution in [0, 0.1) is 5.92 Å². The topological polar surface area (TPSA) is 49.9 Å². The number of rotatable bonds is 4. The van der Waals surface area contributed by atoms with Crippen LogP contribution in [-0.2, 0) is 16.0 Å². The molecule has 2 saturated heterocycles. The zero-order chi connectivity index (χ0) is 16.8. The van der Waals surface area contributed by atoms with E-state index in [0.29, 0.717) is 45.1 Å². The van der Waals surface area contributed by atoms with E-state index in [4.69, 9.17) is 4.74 Å². The Kier molecular flexibility index (Phi) is 5.86. The summed E-state index contributed by atoms with van der Waals surface area (Å²) in [6.07, 6.45) is 3.17. The third-order valence-electron chi connectivity index (χ3n) is 4.93. The van der Waals surface area contributed by atoms with E-state index in [1.54, 1.807) is 0 Å². The number of morpholine rings is 1. The molecule has 0 bridgehead atoms. The Balaban J connectivity index is 1.50. The maximum absolute atomic E-state index is 12.6. The average molecular weight is 330 g/mol. The highest BCUT2D eigenvalue weighted by Crippen LogP contribution is 2.21. The van der Waals surface area contributed by atoms with E-state index >= 15 is 0 Å². The van der Waals surface area contributed by atoms with Crippen molar-refractivity contribution in [2.45, 2.75) is 25.7 Å². The molecule has 2 amide bonds. The van der Waals surface area contributed by atoms with E-state index in [9.17, 15) is 9.59 Å². The summed E-state index contributed by atoms with van der Waals surface area (Å²) in [5, 5.41) is 0. The Labute approximate surface area is 143 Å². The highest BCUT2D eigenvalue weighted by molar-refractivity contribution is 5.83. The number of nitrogens with zero attached hydrogens (tertiary/aromatic N) is 2. The summed E-state index contributed by atoms with van der Waals surface area (Å²) >= 11 is 0. The first kappa shape index (κ1) is 17.0. The van der Waals surface area contributed by atoms with Crippen molar-refractivity contribution in [3.05, 3.63) is 35.9 Å². The first-order valence-corrected chi connectivity index (χ1v) is 8.92. The number of likely N-dealkylation sites (tertiary alicyclic amines) is 1. The summed E-state index contributed by atoms with van der Waals surface area (Å²) in [7, 11) is 0. The Morgan fingerprint density at radius 2 is 1.79 bits per heavy atom. The van der Waals surface area contributed by atoms with Gasteiger partial charge in [-0.3, -0.25) is 4.79 Å². The Morgan fingerprint density at radius 1 is 1.04 bits per heavy atom. The molecule has 0 spiro atoms. The molecule has 2 aliphatic rings. The normalized spacial score (nSPS) is 21.6. The van der Waals surface area contributed by atoms with Gasteiger partial charge in [-0.2, -0.15) is 0 Å². The fraction of sp³-hybridized carbons (Fsp3) is 0.579. The van der Waals surface area contributed by atoms with Crippen LogP contribution in [0.25, 0.3) is 0 Å². The lowest BCUT2D eigenvalue weighted by Crippen LogP contribution is -2.51. The van der Waals surface area contributed by atoms with Gasteiger partial charge in [-0.1, -0.05) is 30.3 Å². The number of urea groups is 1. The van der Waals surface area contributed by atoms with Gasteiger partial charge < -0.3 is 14.5 Å². The highest BCUT2D eigenvalue weighted by Gasteiger charge is 2.30. The van der Waals surface area contributed by atoms with Crippen molar-refractivity contribution in [3.8, 4) is 0 Å². The minimum atomic E-state index is -0.00699. The molecule has 0 unspecified atom stereocenters. The standard InChI is InChI=1S/C19H26N2O3/c22-18(9-8-16-5-2-1-3-6-16)17-7-4-10-21(15-17)19(23)20-11-13-24-14-12-20/h1-3,5-6,17H,4,7-15H2/t17-/m1/s1. The molecule has 0 saturated carbocycles. The number of ether oxygens (including phenoxy) is 1. The number of piperidine rings is 1. The molecule has 130 valence electrons. The SMILES string of the molecule is O=C(CCc1ccccc1)[C@@H]1CCCN(C(=O)N2CCOCC2)C1. The molecule has 1 atom stereocenters. The molecule has 24 heavy (non-hydrogen) atoms. The number of benzene rings is 1. The molecular formula is C19H26N2O3. The maximum atomic E-state index is 12.6. The molecule has 2 aliphatic heterocycles. The fourth-order valence-corrected chi connectivity index (χ4v) is 3.48. The largest absolute Gasteiger partial charge is 0.378 e.